The first kappa shape index (κ1) is 10.9. The number of fused-ring (bicyclic) bond motifs is 1. The average Bonchev–Trinajstić information content (AvgIpc) is 2.86. The maximum atomic E-state index is 11.3. The standard InChI is InChI=1S/C10H14N4OS/c1-2-3-11-9(15)13-6-8-7-16-10-12-4-5-14(8)10/h4-5,7H,2-3,6H2,1H3,(H2,11,13,15). The molecule has 2 N–H and O–H groups in total. The first-order valence-corrected chi connectivity index (χ1v) is 6.10. The van der Waals surface area contributed by atoms with Gasteiger partial charge in [-0.05, 0) is 6.42 Å². The third-order valence-corrected chi connectivity index (χ3v) is 3.09. The second-order valence-corrected chi connectivity index (χ2v) is 4.25. The van der Waals surface area contributed by atoms with Gasteiger partial charge in [0.2, 0.25) is 0 Å². The van der Waals surface area contributed by atoms with Gasteiger partial charge in [-0.2, -0.15) is 0 Å². The Labute approximate surface area is 97.5 Å². The molecule has 0 aromatic carbocycles. The molecule has 0 saturated heterocycles. The maximum absolute atomic E-state index is 11.3. The Morgan fingerprint density at radius 2 is 2.44 bits per heavy atom. The molecule has 0 spiro atoms. The van der Waals surface area contributed by atoms with Crippen LogP contribution in [0, 0.1) is 0 Å². The first-order valence-electron chi connectivity index (χ1n) is 5.22. The van der Waals surface area contributed by atoms with Gasteiger partial charge in [-0.3, -0.25) is 4.40 Å². The molecule has 0 aliphatic rings. The van der Waals surface area contributed by atoms with E-state index < -0.39 is 0 Å². The normalized spacial score (nSPS) is 10.6. The molecule has 5 nitrogen and oxygen atoms in total. The minimum Gasteiger partial charge on any atom is -0.338 e. The van der Waals surface area contributed by atoms with E-state index in [1.807, 2.05) is 22.9 Å². The molecule has 86 valence electrons. The number of urea groups is 1. The number of rotatable bonds is 4. The van der Waals surface area contributed by atoms with Crippen LogP contribution in [-0.2, 0) is 6.54 Å². The van der Waals surface area contributed by atoms with Gasteiger partial charge in [-0.1, -0.05) is 6.92 Å². The second kappa shape index (κ2) is 4.98. The smallest absolute Gasteiger partial charge is 0.315 e. The number of hydrogen-bond donors (Lipinski definition) is 2. The van der Waals surface area contributed by atoms with Crippen LogP contribution in [0.5, 0.6) is 0 Å². The van der Waals surface area contributed by atoms with Crippen molar-refractivity contribution < 1.29 is 4.79 Å². The summed E-state index contributed by atoms with van der Waals surface area (Å²) in [5, 5.41) is 7.58. The third-order valence-electron chi connectivity index (χ3n) is 2.18. The van der Waals surface area contributed by atoms with Gasteiger partial charge < -0.3 is 10.6 Å². The van der Waals surface area contributed by atoms with Crippen molar-refractivity contribution in [3.63, 3.8) is 0 Å². The Morgan fingerprint density at radius 3 is 3.25 bits per heavy atom. The van der Waals surface area contributed by atoms with E-state index in [-0.39, 0.29) is 6.03 Å². The van der Waals surface area contributed by atoms with Gasteiger partial charge in [0.1, 0.15) is 0 Å². The van der Waals surface area contributed by atoms with Crippen molar-refractivity contribution in [2.24, 2.45) is 0 Å². The molecule has 0 radical (unpaired) electrons. The molecule has 2 aromatic rings. The third kappa shape index (κ3) is 2.33. The maximum Gasteiger partial charge on any atom is 0.315 e. The van der Waals surface area contributed by atoms with Gasteiger partial charge >= 0.3 is 6.03 Å². The van der Waals surface area contributed by atoms with Crippen LogP contribution in [0.2, 0.25) is 0 Å². The molecule has 0 aliphatic heterocycles. The van der Waals surface area contributed by atoms with Crippen molar-refractivity contribution >= 4 is 22.3 Å². The predicted molar refractivity (Wildman–Crippen MR) is 63.6 cm³/mol. The number of aromatic nitrogens is 2. The Kier molecular flexibility index (Phi) is 3.40. The summed E-state index contributed by atoms with van der Waals surface area (Å²) in [5.41, 5.74) is 1.05. The zero-order chi connectivity index (χ0) is 11.4. The van der Waals surface area contributed by atoms with Crippen molar-refractivity contribution in [1.82, 2.24) is 20.0 Å². The molecular formula is C10H14N4OS. The molecule has 0 bridgehead atoms. The number of nitrogens with zero attached hydrogens (tertiary/aromatic N) is 2. The fraction of sp³-hybridized carbons (Fsp3) is 0.400. The van der Waals surface area contributed by atoms with Crippen molar-refractivity contribution in [2.45, 2.75) is 19.9 Å². The number of carbonyl (C=O) groups excluding carboxylic acids is 1. The van der Waals surface area contributed by atoms with Crippen molar-refractivity contribution in [3.8, 4) is 0 Å². The highest BCUT2D eigenvalue weighted by atomic mass is 32.1. The van der Waals surface area contributed by atoms with Crippen LogP contribution in [0.1, 0.15) is 19.0 Å². The molecular weight excluding hydrogens is 224 g/mol. The predicted octanol–water partition coefficient (Wildman–Crippen LogP) is 1.60. The Bertz CT molecular complexity index is 476. The van der Waals surface area contributed by atoms with Crippen LogP contribution in [0.15, 0.2) is 17.8 Å². The van der Waals surface area contributed by atoms with Crippen LogP contribution in [0.3, 0.4) is 0 Å². The van der Waals surface area contributed by atoms with Crippen molar-refractivity contribution in [1.29, 1.82) is 0 Å². The summed E-state index contributed by atoms with van der Waals surface area (Å²) in [6.07, 6.45) is 4.59. The fourth-order valence-corrected chi connectivity index (χ4v) is 2.22. The summed E-state index contributed by atoms with van der Waals surface area (Å²) in [6, 6.07) is -0.124. The van der Waals surface area contributed by atoms with Crippen LogP contribution < -0.4 is 10.6 Å². The molecule has 2 aromatic heterocycles. The molecule has 2 rings (SSSR count). The lowest BCUT2D eigenvalue weighted by Gasteiger charge is -2.05. The fourth-order valence-electron chi connectivity index (χ4n) is 1.37. The molecule has 0 atom stereocenters. The van der Waals surface area contributed by atoms with E-state index in [0.717, 1.165) is 17.1 Å². The van der Waals surface area contributed by atoms with Crippen molar-refractivity contribution in [2.75, 3.05) is 6.54 Å². The second-order valence-electron chi connectivity index (χ2n) is 3.42. The minimum atomic E-state index is -0.124. The molecule has 0 aliphatic carbocycles. The topological polar surface area (TPSA) is 58.4 Å². The van der Waals surface area contributed by atoms with Crippen LogP contribution >= 0.6 is 11.3 Å². The van der Waals surface area contributed by atoms with Gasteiger partial charge in [0.15, 0.2) is 4.96 Å². The largest absolute Gasteiger partial charge is 0.338 e. The van der Waals surface area contributed by atoms with E-state index in [1.165, 1.54) is 0 Å². The van der Waals surface area contributed by atoms with Gasteiger partial charge in [0, 0.05) is 24.3 Å². The molecule has 2 heterocycles. The van der Waals surface area contributed by atoms with Crippen LogP contribution in [0.25, 0.3) is 4.96 Å². The summed E-state index contributed by atoms with van der Waals surface area (Å²) in [5.74, 6) is 0. The van der Waals surface area contributed by atoms with Crippen molar-refractivity contribution in [3.05, 3.63) is 23.5 Å². The zero-order valence-corrected chi connectivity index (χ0v) is 9.88. The lowest BCUT2D eigenvalue weighted by Crippen LogP contribution is -2.35. The van der Waals surface area contributed by atoms with Gasteiger partial charge in [-0.25, -0.2) is 9.78 Å². The number of hydrogen-bond acceptors (Lipinski definition) is 3. The van der Waals surface area contributed by atoms with E-state index in [0.29, 0.717) is 13.1 Å². The van der Waals surface area contributed by atoms with E-state index in [9.17, 15) is 4.79 Å². The van der Waals surface area contributed by atoms with Gasteiger partial charge in [0.25, 0.3) is 0 Å². The molecule has 0 fully saturated rings. The molecule has 6 heteroatoms. The van der Waals surface area contributed by atoms with Gasteiger partial charge in [0.05, 0.1) is 12.2 Å². The molecule has 16 heavy (non-hydrogen) atoms. The summed E-state index contributed by atoms with van der Waals surface area (Å²) >= 11 is 1.57. The first-order chi connectivity index (χ1) is 7.81. The summed E-state index contributed by atoms with van der Waals surface area (Å²) in [4.78, 5) is 16.4. The highest BCUT2D eigenvalue weighted by Gasteiger charge is 2.05. The molecule has 0 saturated carbocycles. The van der Waals surface area contributed by atoms with Gasteiger partial charge in [-0.15, -0.1) is 11.3 Å². The van der Waals surface area contributed by atoms with Crippen LogP contribution in [0.4, 0.5) is 4.79 Å². The number of imidazole rings is 1. The van der Waals surface area contributed by atoms with Crippen LogP contribution in [-0.4, -0.2) is 22.0 Å². The Morgan fingerprint density at radius 1 is 1.56 bits per heavy atom. The lowest BCUT2D eigenvalue weighted by molar-refractivity contribution is 0.240. The van der Waals surface area contributed by atoms with E-state index in [1.54, 1.807) is 17.5 Å². The minimum absolute atomic E-state index is 0.124. The Hall–Kier alpha value is -1.56. The van der Waals surface area contributed by atoms with E-state index in [4.69, 9.17) is 0 Å². The summed E-state index contributed by atoms with van der Waals surface area (Å²) < 4.78 is 1.98. The number of carbonyl (C=O) groups is 1. The Balaban J connectivity index is 1.91. The summed E-state index contributed by atoms with van der Waals surface area (Å²) in [7, 11) is 0. The molecule has 2 amide bonds. The van der Waals surface area contributed by atoms with E-state index in [2.05, 4.69) is 15.6 Å². The average molecular weight is 238 g/mol. The zero-order valence-electron chi connectivity index (χ0n) is 9.06. The monoisotopic (exact) mass is 238 g/mol. The number of thiazole rings is 1. The highest BCUT2D eigenvalue weighted by Crippen LogP contribution is 2.13. The molecule has 0 unspecified atom stereocenters. The highest BCUT2D eigenvalue weighted by molar-refractivity contribution is 7.15. The lowest BCUT2D eigenvalue weighted by atomic mass is 10.4. The van der Waals surface area contributed by atoms with E-state index >= 15 is 0 Å². The quantitative estimate of drug-likeness (QED) is 0.850. The summed E-state index contributed by atoms with van der Waals surface area (Å²) in [6.45, 7) is 3.25. The SMILES string of the molecule is CCCNC(=O)NCc1csc2nccn12. The number of nitrogens with one attached hydrogen (secondary N) is 2. The number of amides is 2.